The van der Waals surface area contributed by atoms with E-state index in [2.05, 4.69) is 5.32 Å². The molecule has 0 aliphatic carbocycles. The van der Waals surface area contributed by atoms with Gasteiger partial charge in [-0.2, -0.15) is 0 Å². The number of amides is 4. The number of hydrogen-bond acceptors (Lipinski definition) is 5. The Kier molecular flexibility index (Phi) is 8.04. The molecule has 4 amide bonds. The van der Waals surface area contributed by atoms with Crippen molar-refractivity contribution in [1.82, 2.24) is 15.1 Å². The molecule has 0 spiro atoms. The lowest BCUT2D eigenvalue weighted by molar-refractivity contribution is -0.140. The van der Waals surface area contributed by atoms with Crippen molar-refractivity contribution >= 4 is 23.6 Å². The normalized spacial score (nSPS) is 13.6. The van der Waals surface area contributed by atoms with Crippen LogP contribution < -0.4 is 10.1 Å². The summed E-state index contributed by atoms with van der Waals surface area (Å²) in [4.78, 5) is 53.7. The van der Waals surface area contributed by atoms with E-state index in [-0.39, 0.29) is 49.2 Å². The van der Waals surface area contributed by atoms with E-state index in [1.54, 1.807) is 38.3 Å². The molecule has 0 fully saturated rings. The lowest BCUT2D eigenvalue weighted by atomic mass is 10.1. The van der Waals surface area contributed by atoms with Crippen LogP contribution in [-0.2, 0) is 16.1 Å². The maximum Gasteiger partial charge on any atom is 0.261 e. The number of nitrogens with zero attached hydrogens (tertiary/aromatic N) is 2. The van der Waals surface area contributed by atoms with Gasteiger partial charge < -0.3 is 15.0 Å². The smallest absolute Gasteiger partial charge is 0.261 e. The van der Waals surface area contributed by atoms with Gasteiger partial charge in [0.25, 0.3) is 11.8 Å². The first-order valence-electron chi connectivity index (χ1n) is 11.4. The molecule has 1 heterocycles. The minimum Gasteiger partial charge on any atom is -0.497 e. The molecule has 180 valence electrons. The van der Waals surface area contributed by atoms with Crippen LogP contribution in [0.4, 0.5) is 0 Å². The van der Waals surface area contributed by atoms with E-state index < -0.39 is 6.04 Å². The summed E-state index contributed by atoms with van der Waals surface area (Å²) in [6, 6.07) is 13.3. The van der Waals surface area contributed by atoms with Gasteiger partial charge in [-0.1, -0.05) is 24.3 Å². The van der Waals surface area contributed by atoms with E-state index in [1.165, 1.54) is 9.80 Å². The van der Waals surface area contributed by atoms with E-state index in [0.29, 0.717) is 23.3 Å². The molecule has 2 aromatic carbocycles. The van der Waals surface area contributed by atoms with Crippen LogP contribution >= 0.6 is 0 Å². The number of methoxy groups -OCH3 is 1. The second-order valence-corrected chi connectivity index (χ2v) is 8.62. The first-order valence-corrected chi connectivity index (χ1v) is 11.4. The van der Waals surface area contributed by atoms with Crippen molar-refractivity contribution in [2.24, 2.45) is 0 Å². The fourth-order valence-electron chi connectivity index (χ4n) is 3.93. The highest BCUT2D eigenvalue weighted by atomic mass is 16.5. The number of ether oxygens (including phenoxy) is 1. The zero-order valence-electron chi connectivity index (χ0n) is 20.0. The molecule has 0 bridgehead atoms. The van der Waals surface area contributed by atoms with Gasteiger partial charge in [-0.25, -0.2) is 0 Å². The maximum atomic E-state index is 13.2. The molecule has 8 heteroatoms. The van der Waals surface area contributed by atoms with Crippen LogP contribution in [0.1, 0.15) is 59.9 Å². The number of hydrogen-bond donors (Lipinski definition) is 1. The Morgan fingerprint density at radius 2 is 1.65 bits per heavy atom. The van der Waals surface area contributed by atoms with Crippen LogP contribution in [0.3, 0.4) is 0 Å². The standard InChI is InChI=1S/C26H31N3O5/c1-17(2)27-24(31)18(3)29(16-19-9-7-10-20(15-19)34-4)23(30)13-8-14-28-25(32)21-11-5-6-12-22(21)26(28)33/h5-7,9-12,15,17-18H,8,13-14,16H2,1-4H3,(H,27,31)/t18-/m1/s1. The Labute approximate surface area is 199 Å². The van der Waals surface area contributed by atoms with Gasteiger partial charge in [0, 0.05) is 25.6 Å². The molecule has 34 heavy (non-hydrogen) atoms. The summed E-state index contributed by atoms with van der Waals surface area (Å²) in [6.07, 6.45) is 0.397. The number of carbonyl (C=O) groups is 4. The van der Waals surface area contributed by atoms with Gasteiger partial charge in [-0.05, 0) is 57.0 Å². The van der Waals surface area contributed by atoms with Crippen molar-refractivity contribution in [3.05, 3.63) is 65.2 Å². The summed E-state index contributed by atoms with van der Waals surface area (Å²) in [5, 5.41) is 2.85. The van der Waals surface area contributed by atoms with Crippen molar-refractivity contribution in [2.75, 3.05) is 13.7 Å². The van der Waals surface area contributed by atoms with Gasteiger partial charge in [0.15, 0.2) is 0 Å². The summed E-state index contributed by atoms with van der Waals surface area (Å²) in [7, 11) is 1.57. The Bertz CT molecular complexity index is 1050. The predicted octanol–water partition coefficient (Wildman–Crippen LogP) is 3.01. The summed E-state index contributed by atoms with van der Waals surface area (Å²) in [5.41, 5.74) is 1.60. The highest BCUT2D eigenvalue weighted by molar-refractivity contribution is 6.21. The topological polar surface area (TPSA) is 96.0 Å². The minimum absolute atomic E-state index is 0.0578. The van der Waals surface area contributed by atoms with Crippen molar-refractivity contribution < 1.29 is 23.9 Å². The van der Waals surface area contributed by atoms with E-state index in [0.717, 1.165) is 5.56 Å². The number of rotatable bonds is 10. The second-order valence-electron chi connectivity index (χ2n) is 8.62. The van der Waals surface area contributed by atoms with Crippen LogP contribution in [0.2, 0.25) is 0 Å². The van der Waals surface area contributed by atoms with Gasteiger partial charge in [-0.3, -0.25) is 24.1 Å². The molecule has 0 saturated heterocycles. The molecule has 2 aromatic rings. The van der Waals surface area contributed by atoms with Crippen molar-refractivity contribution in [3.63, 3.8) is 0 Å². The highest BCUT2D eigenvalue weighted by Crippen LogP contribution is 2.23. The molecule has 0 radical (unpaired) electrons. The molecular weight excluding hydrogens is 434 g/mol. The second kappa shape index (κ2) is 11.0. The average molecular weight is 466 g/mol. The van der Waals surface area contributed by atoms with Gasteiger partial charge in [0.05, 0.1) is 18.2 Å². The molecular formula is C26H31N3O5. The number of fused-ring (bicyclic) bond motifs is 1. The number of carbonyl (C=O) groups excluding carboxylic acids is 4. The maximum absolute atomic E-state index is 13.2. The van der Waals surface area contributed by atoms with Crippen LogP contribution in [-0.4, -0.2) is 59.2 Å². The van der Waals surface area contributed by atoms with Gasteiger partial charge >= 0.3 is 0 Å². The van der Waals surface area contributed by atoms with E-state index >= 15 is 0 Å². The zero-order chi connectivity index (χ0) is 24.8. The average Bonchev–Trinajstić information content (AvgIpc) is 3.06. The number of benzene rings is 2. The van der Waals surface area contributed by atoms with Crippen LogP contribution in [0.5, 0.6) is 5.75 Å². The number of imide groups is 1. The molecule has 3 rings (SSSR count). The van der Waals surface area contributed by atoms with E-state index in [9.17, 15) is 19.2 Å². The first kappa shape index (κ1) is 25.0. The van der Waals surface area contributed by atoms with Crippen molar-refractivity contribution in [2.45, 2.75) is 52.2 Å². The van der Waals surface area contributed by atoms with Crippen LogP contribution in [0, 0.1) is 0 Å². The Hall–Kier alpha value is -3.68. The minimum atomic E-state index is -0.694. The van der Waals surface area contributed by atoms with Gasteiger partial charge in [-0.15, -0.1) is 0 Å². The first-order chi connectivity index (χ1) is 16.2. The third-order valence-electron chi connectivity index (χ3n) is 5.74. The molecule has 1 atom stereocenters. The molecule has 0 unspecified atom stereocenters. The lowest BCUT2D eigenvalue weighted by Gasteiger charge is -2.29. The number of nitrogens with one attached hydrogen (secondary N) is 1. The third-order valence-corrected chi connectivity index (χ3v) is 5.74. The predicted molar refractivity (Wildman–Crippen MR) is 127 cm³/mol. The van der Waals surface area contributed by atoms with E-state index in [1.807, 2.05) is 38.1 Å². The Morgan fingerprint density at radius 1 is 1.00 bits per heavy atom. The zero-order valence-corrected chi connectivity index (χ0v) is 20.0. The SMILES string of the molecule is COc1cccc(CN(C(=O)CCCN2C(=O)c3ccccc3C2=O)[C@H](C)C(=O)NC(C)C)c1. The van der Waals surface area contributed by atoms with Gasteiger partial charge in [0.1, 0.15) is 11.8 Å². The van der Waals surface area contributed by atoms with Gasteiger partial charge in [0.2, 0.25) is 11.8 Å². The quantitative estimate of drug-likeness (QED) is 0.544. The molecule has 0 saturated carbocycles. The van der Waals surface area contributed by atoms with Crippen LogP contribution in [0.25, 0.3) is 0 Å². The monoisotopic (exact) mass is 465 g/mol. The molecule has 1 N–H and O–H groups in total. The third kappa shape index (κ3) is 5.62. The van der Waals surface area contributed by atoms with Crippen molar-refractivity contribution in [1.29, 1.82) is 0 Å². The Morgan fingerprint density at radius 3 is 2.24 bits per heavy atom. The van der Waals surface area contributed by atoms with E-state index in [4.69, 9.17) is 4.74 Å². The molecule has 8 nitrogen and oxygen atoms in total. The molecule has 1 aliphatic rings. The summed E-state index contributed by atoms with van der Waals surface area (Å²) in [5.74, 6) is -0.496. The fourth-order valence-corrected chi connectivity index (χ4v) is 3.93. The highest BCUT2D eigenvalue weighted by Gasteiger charge is 2.35. The summed E-state index contributed by atoms with van der Waals surface area (Å²) >= 11 is 0. The molecule has 0 aromatic heterocycles. The Balaban J connectivity index is 1.69. The lowest BCUT2D eigenvalue weighted by Crippen LogP contribution is -2.49. The van der Waals surface area contributed by atoms with Crippen LogP contribution in [0.15, 0.2) is 48.5 Å². The van der Waals surface area contributed by atoms with Crippen molar-refractivity contribution in [3.8, 4) is 5.75 Å². The fraction of sp³-hybridized carbons (Fsp3) is 0.385. The largest absolute Gasteiger partial charge is 0.497 e. The molecule has 1 aliphatic heterocycles. The summed E-state index contributed by atoms with van der Waals surface area (Å²) < 4.78 is 5.27. The summed E-state index contributed by atoms with van der Waals surface area (Å²) in [6.45, 7) is 5.79.